The summed E-state index contributed by atoms with van der Waals surface area (Å²) in [4.78, 5) is 53.1. The average molecular weight is 597 g/mol. The summed E-state index contributed by atoms with van der Waals surface area (Å²) in [5.41, 5.74) is 1.42. The largest absolute Gasteiger partial charge is 0.350 e. The van der Waals surface area contributed by atoms with Crippen LogP contribution in [0.25, 0.3) is 5.69 Å². The van der Waals surface area contributed by atoms with E-state index < -0.39 is 17.7 Å². The summed E-state index contributed by atoms with van der Waals surface area (Å²) in [6.45, 7) is 1.73. The zero-order valence-electron chi connectivity index (χ0n) is 21.0. The van der Waals surface area contributed by atoms with Crippen molar-refractivity contribution in [2.24, 2.45) is 7.05 Å². The fraction of sp³-hybridized carbons (Fsp3) is 0.0714. The van der Waals surface area contributed by atoms with Gasteiger partial charge in [0.2, 0.25) is 0 Å². The molecule has 202 valence electrons. The normalized spacial score (nSPS) is 13.3. The van der Waals surface area contributed by atoms with Gasteiger partial charge in [0, 0.05) is 23.3 Å². The van der Waals surface area contributed by atoms with Crippen molar-refractivity contribution >= 4 is 69.6 Å². The van der Waals surface area contributed by atoms with Gasteiger partial charge < -0.3 is 10.6 Å². The minimum Gasteiger partial charge on any atom is -0.350 e. The number of carbonyl (C=O) groups is 3. The average Bonchev–Trinajstić information content (AvgIpc) is 3.27. The first kappa shape index (κ1) is 27.3. The molecule has 9 nitrogen and oxygen atoms in total. The number of aromatic nitrogens is 2. The molecule has 4 aromatic rings. The highest BCUT2D eigenvalue weighted by Crippen LogP contribution is 2.35. The van der Waals surface area contributed by atoms with Crippen molar-refractivity contribution in [1.82, 2.24) is 9.36 Å². The number of rotatable bonds is 6. The van der Waals surface area contributed by atoms with Gasteiger partial charge in [-0.15, -0.1) is 0 Å². The number of anilines is 3. The zero-order valence-corrected chi connectivity index (χ0v) is 23.3. The van der Waals surface area contributed by atoms with Crippen LogP contribution in [0.3, 0.4) is 0 Å². The Morgan fingerprint density at radius 1 is 0.850 bits per heavy atom. The highest BCUT2D eigenvalue weighted by molar-refractivity contribution is 6.54. The van der Waals surface area contributed by atoms with E-state index in [0.29, 0.717) is 22.1 Å². The molecule has 3 amide bonds. The van der Waals surface area contributed by atoms with Crippen LogP contribution in [0.1, 0.15) is 16.1 Å². The summed E-state index contributed by atoms with van der Waals surface area (Å²) in [6.07, 6.45) is 0. The van der Waals surface area contributed by atoms with Crippen LogP contribution < -0.4 is 21.1 Å². The number of halogens is 3. The van der Waals surface area contributed by atoms with Gasteiger partial charge in [0.25, 0.3) is 23.3 Å². The Morgan fingerprint density at radius 3 is 2.27 bits per heavy atom. The molecule has 0 unspecified atom stereocenters. The molecule has 1 aliphatic heterocycles. The van der Waals surface area contributed by atoms with Crippen molar-refractivity contribution in [3.05, 3.63) is 115 Å². The third kappa shape index (κ3) is 4.79. The molecule has 2 N–H and O–H groups in total. The van der Waals surface area contributed by atoms with Crippen LogP contribution in [0.2, 0.25) is 10.0 Å². The standard InChI is InChI=1S/C28H20Cl3N5O4/c1-15-23(28(40)36(34(15)2)19-9-4-3-5-10-19)33-25(37)16-7-6-8-18(13-16)32-24-22(31)26(38)35(27(24)39)21-12-11-17(29)14-20(21)30/h3-14,32H,1-2H3,(H,33,37). The molecule has 0 radical (unpaired) electrons. The maximum absolute atomic E-state index is 13.2. The molecule has 0 aliphatic carbocycles. The second kappa shape index (κ2) is 10.7. The molecule has 0 saturated heterocycles. The van der Waals surface area contributed by atoms with Gasteiger partial charge in [0.1, 0.15) is 16.4 Å². The van der Waals surface area contributed by atoms with E-state index in [1.807, 2.05) is 18.2 Å². The highest BCUT2D eigenvalue weighted by atomic mass is 35.5. The molecule has 3 aromatic carbocycles. The molecular weight excluding hydrogens is 577 g/mol. The van der Waals surface area contributed by atoms with Crippen molar-refractivity contribution < 1.29 is 14.4 Å². The van der Waals surface area contributed by atoms with E-state index in [2.05, 4.69) is 10.6 Å². The van der Waals surface area contributed by atoms with Gasteiger partial charge in [-0.1, -0.05) is 59.1 Å². The molecule has 1 aliphatic rings. The van der Waals surface area contributed by atoms with E-state index >= 15 is 0 Å². The van der Waals surface area contributed by atoms with Gasteiger partial charge >= 0.3 is 0 Å². The molecule has 12 heteroatoms. The smallest absolute Gasteiger partial charge is 0.295 e. The number of hydrogen-bond acceptors (Lipinski definition) is 5. The molecule has 2 heterocycles. The third-order valence-electron chi connectivity index (χ3n) is 6.36. The van der Waals surface area contributed by atoms with Crippen LogP contribution >= 0.6 is 34.8 Å². The lowest BCUT2D eigenvalue weighted by Crippen LogP contribution is -2.32. The van der Waals surface area contributed by atoms with Crippen LogP contribution in [0, 0.1) is 6.92 Å². The fourth-order valence-electron chi connectivity index (χ4n) is 4.27. The van der Waals surface area contributed by atoms with Gasteiger partial charge in [-0.25, -0.2) is 9.58 Å². The van der Waals surface area contributed by atoms with Gasteiger partial charge in [-0.05, 0) is 55.5 Å². The summed E-state index contributed by atoms with van der Waals surface area (Å²) in [5.74, 6) is -2.03. The van der Waals surface area contributed by atoms with E-state index in [-0.39, 0.29) is 38.2 Å². The van der Waals surface area contributed by atoms with Crippen LogP contribution in [-0.4, -0.2) is 27.1 Å². The Kier molecular flexibility index (Phi) is 7.29. The van der Waals surface area contributed by atoms with E-state index in [1.165, 1.54) is 28.9 Å². The van der Waals surface area contributed by atoms with Crippen LogP contribution in [-0.2, 0) is 16.6 Å². The lowest BCUT2D eigenvalue weighted by atomic mass is 10.1. The molecule has 0 atom stereocenters. The Balaban J connectivity index is 1.39. The lowest BCUT2D eigenvalue weighted by Gasteiger charge is -2.16. The number of nitrogens with one attached hydrogen (secondary N) is 2. The molecule has 0 fully saturated rings. The van der Waals surface area contributed by atoms with E-state index in [4.69, 9.17) is 34.8 Å². The molecule has 0 saturated carbocycles. The van der Waals surface area contributed by atoms with E-state index in [9.17, 15) is 19.2 Å². The maximum Gasteiger partial charge on any atom is 0.295 e. The first-order valence-electron chi connectivity index (χ1n) is 11.8. The Labute approximate surface area is 243 Å². The minimum absolute atomic E-state index is 0.0983. The van der Waals surface area contributed by atoms with Gasteiger partial charge in [0.15, 0.2) is 0 Å². The molecule has 0 bridgehead atoms. The first-order chi connectivity index (χ1) is 19.1. The molecular formula is C28H20Cl3N5O4. The zero-order chi connectivity index (χ0) is 28.7. The summed E-state index contributed by atoms with van der Waals surface area (Å²) < 4.78 is 3.11. The molecule has 40 heavy (non-hydrogen) atoms. The fourth-order valence-corrected chi connectivity index (χ4v) is 4.98. The predicted octanol–water partition coefficient (Wildman–Crippen LogP) is 5.48. The van der Waals surface area contributed by atoms with Crippen LogP contribution in [0.15, 0.2) is 88.3 Å². The summed E-state index contributed by atoms with van der Waals surface area (Å²) in [6, 6.07) is 19.6. The monoisotopic (exact) mass is 595 g/mol. The van der Waals surface area contributed by atoms with Gasteiger partial charge in [-0.2, -0.15) is 0 Å². The summed E-state index contributed by atoms with van der Waals surface area (Å²) in [7, 11) is 1.72. The molecule has 5 rings (SSSR count). The minimum atomic E-state index is -0.762. The van der Waals surface area contributed by atoms with E-state index in [1.54, 1.807) is 49.0 Å². The number of para-hydroxylation sites is 1. The molecule has 0 spiro atoms. The third-order valence-corrected chi connectivity index (χ3v) is 7.25. The van der Waals surface area contributed by atoms with Crippen LogP contribution in [0.5, 0.6) is 0 Å². The number of amides is 3. The Morgan fingerprint density at radius 2 is 1.57 bits per heavy atom. The van der Waals surface area contributed by atoms with Crippen LogP contribution in [0.4, 0.5) is 17.1 Å². The van der Waals surface area contributed by atoms with Crippen molar-refractivity contribution in [2.75, 3.05) is 15.5 Å². The topological polar surface area (TPSA) is 105 Å². The van der Waals surface area contributed by atoms with Crippen molar-refractivity contribution in [2.45, 2.75) is 6.92 Å². The lowest BCUT2D eigenvalue weighted by molar-refractivity contribution is -0.120. The van der Waals surface area contributed by atoms with Crippen molar-refractivity contribution in [1.29, 1.82) is 0 Å². The molecule has 1 aromatic heterocycles. The highest BCUT2D eigenvalue weighted by Gasteiger charge is 2.40. The quantitative estimate of drug-likeness (QED) is 0.287. The van der Waals surface area contributed by atoms with Gasteiger partial charge in [-0.3, -0.25) is 23.9 Å². The number of benzene rings is 3. The second-order valence-corrected chi connectivity index (χ2v) is 10.0. The van der Waals surface area contributed by atoms with E-state index in [0.717, 1.165) is 4.90 Å². The Bertz CT molecular complexity index is 1790. The SMILES string of the molecule is Cc1c(NC(=O)c2cccc(NC3=C(Cl)C(=O)N(c4ccc(Cl)cc4Cl)C3=O)c2)c(=O)n(-c2ccccc2)n1C. The summed E-state index contributed by atoms with van der Waals surface area (Å²) >= 11 is 18.4. The second-order valence-electron chi connectivity index (χ2n) is 8.83. The maximum atomic E-state index is 13.2. The van der Waals surface area contributed by atoms with Gasteiger partial charge in [0.05, 0.1) is 22.1 Å². The number of hydrogen-bond donors (Lipinski definition) is 2. The summed E-state index contributed by atoms with van der Waals surface area (Å²) in [5, 5.41) is 5.63. The first-order valence-corrected chi connectivity index (χ1v) is 13.0. The van der Waals surface area contributed by atoms with Crippen molar-refractivity contribution in [3.8, 4) is 5.69 Å². The number of imide groups is 1. The predicted molar refractivity (Wildman–Crippen MR) is 156 cm³/mol. The number of carbonyl (C=O) groups excluding carboxylic acids is 3. The number of nitrogens with zero attached hydrogens (tertiary/aromatic N) is 3. The van der Waals surface area contributed by atoms with Crippen molar-refractivity contribution in [3.63, 3.8) is 0 Å². The Hall–Kier alpha value is -4.31.